The van der Waals surface area contributed by atoms with Crippen molar-refractivity contribution >= 4 is 17.3 Å². The highest BCUT2D eigenvalue weighted by atomic mass is 19.4. The second-order valence-corrected chi connectivity index (χ2v) is 5.48. The Morgan fingerprint density at radius 1 is 1.22 bits per heavy atom. The maximum atomic E-state index is 12.8. The summed E-state index contributed by atoms with van der Waals surface area (Å²) < 4.78 is 43.5. The molecule has 0 radical (unpaired) electrons. The number of rotatable bonds is 5. The third-order valence-electron chi connectivity index (χ3n) is 3.65. The Labute approximate surface area is 153 Å². The van der Waals surface area contributed by atoms with E-state index in [1.165, 1.54) is 38.6 Å². The van der Waals surface area contributed by atoms with Gasteiger partial charge in [0.25, 0.3) is 0 Å². The van der Waals surface area contributed by atoms with Crippen molar-refractivity contribution in [3.05, 3.63) is 65.1 Å². The van der Waals surface area contributed by atoms with E-state index < -0.39 is 17.5 Å². The lowest BCUT2D eigenvalue weighted by Crippen LogP contribution is -2.24. The number of nitrogens with zero attached hydrogens (tertiary/aromatic N) is 2. The number of halogens is 3. The van der Waals surface area contributed by atoms with E-state index >= 15 is 0 Å². The van der Waals surface area contributed by atoms with Crippen LogP contribution in [0.5, 0.6) is 5.75 Å². The summed E-state index contributed by atoms with van der Waals surface area (Å²) in [6, 6.07) is 5.99. The van der Waals surface area contributed by atoms with Gasteiger partial charge in [0.05, 0.1) is 24.1 Å². The molecule has 0 spiro atoms. The molecule has 0 unspecified atom stereocenters. The summed E-state index contributed by atoms with van der Waals surface area (Å²) in [5.41, 5.74) is 11.5. The summed E-state index contributed by atoms with van der Waals surface area (Å²) >= 11 is 0. The van der Waals surface area contributed by atoms with E-state index in [4.69, 9.17) is 16.2 Å². The zero-order valence-electron chi connectivity index (χ0n) is 14.5. The average molecular weight is 378 g/mol. The molecule has 9 heteroatoms. The monoisotopic (exact) mass is 378 g/mol. The summed E-state index contributed by atoms with van der Waals surface area (Å²) in [5, 5.41) is 0. The van der Waals surface area contributed by atoms with Crippen molar-refractivity contribution in [2.75, 3.05) is 7.11 Å². The highest BCUT2D eigenvalue weighted by molar-refractivity contribution is 6.44. The van der Waals surface area contributed by atoms with Gasteiger partial charge in [0.2, 0.25) is 5.78 Å². The molecule has 1 heterocycles. The van der Waals surface area contributed by atoms with Gasteiger partial charge < -0.3 is 16.2 Å². The number of aromatic nitrogens is 1. The first kappa shape index (κ1) is 20.0. The molecule has 27 heavy (non-hydrogen) atoms. The number of hydrogen-bond acceptors (Lipinski definition) is 5. The fraction of sp³-hybridized carbons (Fsp3) is 0.167. The van der Waals surface area contributed by atoms with Crippen LogP contribution < -0.4 is 16.2 Å². The van der Waals surface area contributed by atoms with Crippen molar-refractivity contribution in [2.24, 2.45) is 16.5 Å². The van der Waals surface area contributed by atoms with Crippen LogP contribution in [0.2, 0.25) is 0 Å². The summed E-state index contributed by atoms with van der Waals surface area (Å²) in [5.74, 6) is -0.946. The number of pyridine rings is 1. The molecule has 0 saturated heterocycles. The highest BCUT2D eigenvalue weighted by Crippen LogP contribution is 2.35. The molecule has 1 aromatic heterocycles. The van der Waals surface area contributed by atoms with Crippen molar-refractivity contribution in [1.29, 1.82) is 0 Å². The maximum Gasteiger partial charge on any atom is 0.416 e. The van der Waals surface area contributed by atoms with Crippen molar-refractivity contribution in [1.82, 2.24) is 4.98 Å². The first-order chi connectivity index (χ1) is 12.6. The predicted molar refractivity (Wildman–Crippen MR) is 95.0 cm³/mol. The van der Waals surface area contributed by atoms with E-state index in [0.29, 0.717) is 0 Å². The van der Waals surface area contributed by atoms with E-state index in [1.54, 1.807) is 6.07 Å². The largest absolute Gasteiger partial charge is 0.496 e. The summed E-state index contributed by atoms with van der Waals surface area (Å²) in [6.45, 7) is 1.48. The number of allylic oxidation sites excluding steroid dienone is 1. The van der Waals surface area contributed by atoms with Crippen LogP contribution >= 0.6 is 0 Å². The average Bonchev–Trinajstić information content (AvgIpc) is 2.66. The molecule has 0 fully saturated rings. The smallest absolute Gasteiger partial charge is 0.416 e. The quantitative estimate of drug-likeness (QED) is 0.473. The van der Waals surface area contributed by atoms with Crippen LogP contribution in [0.1, 0.15) is 28.4 Å². The fourth-order valence-electron chi connectivity index (χ4n) is 2.22. The van der Waals surface area contributed by atoms with Gasteiger partial charge in [-0.15, -0.1) is 0 Å². The molecule has 2 aromatic rings. The molecular formula is C18H17F3N4O2. The van der Waals surface area contributed by atoms with Gasteiger partial charge in [0, 0.05) is 23.5 Å². The van der Waals surface area contributed by atoms with Gasteiger partial charge in [-0.2, -0.15) is 13.2 Å². The van der Waals surface area contributed by atoms with Crippen molar-refractivity contribution in [3.63, 3.8) is 0 Å². The number of carbonyl (C=O) groups is 1. The number of ketones is 1. The number of alkyl halides is 3. The Balaban J connectivity index is 2.40. The zero-order valence-corrected chi connectivity index (χ0v) is 14.5. The number of hydrogen-bond donors (Lipinski definition) is 2. The first-order valence-corrected chi connectivity index (χ1v) is 7.66. The lowest BCUT2D eigenvalue weighted by atomic mass is 10.1. The second-order valence-electron chi connectivity index (χ2n) is 5.48. The normalized spacial score (nSPS) is 13.1. The van der Waals surface area contributed by atoms with Crippen LogP contribution in [-0.4, -0.2) is 23.7 Å². The van der Waals surface area contributed by atoms with E-state index in [0.717, 1.165) is 12.1 Å². The molecule has 1 aromatic carbocycles. The molecular weight excluding hydrogens is 361 g/mol. The number of benzene rings is 1. The molecule has 0 aliphatic rings. The summed E-state index contributed by atoms with van der Waals surface area (Å²) in [6.07, 6.45) is -1.67. The van der Waals surface area contributed by atoms with E-state index in [9.17, 15) is 18.0 Å². The van der Waals surface area contributed by atoms with Crippen LogP contribution in [-0.2, 0) is 6.18 Å². The number of amidine groups is 1. The van der Waals surface area contributed by atoms with Crippen LogP contribution in [0.15, 0.2) is 53.4 Å². The molecule has 0 bridgehead atoms. The van der Waals surface area contributed by atoms with Crippen LogP contribution in [0, 0.1) is 0 Å². The predicted octanol–water partition coefficient (Wildman–Crippen LogP) is 3.00. The molecule has 0 saturated carbocycles. The highest BCUT2D eigenvalue weighted by Gasteiger charge is 2.31. The number of Topliss-reactive ketones (excluding diaryl/α,β-unsaturated/α-hetero) is 1. The van der Waals surface area contributed by atoms with Gasteiger partial charge in [0.15, 0.2) is 5.84 Å². The number of carbonyl (C=O) groups excluding carboxylic acids is 1. The minimum atomic E-state index is -4.52. The van der Waals surface area contributed by atoms with Gasteiger partial charge in [-0.25, -0.2) is 4.99 Å². The second kappa shape index (κ2) is 7.90. The Hall–Kier alpha value is -3.36. The fourth-order valence-corrected chi connectivity index (χ4v) is 2.22. The van der Waals surface area contributed by atoms with Crippen LogP contribution in [0.25, 0.3) is 5.70 Å². The third kappa shape index (κ3) is 4.63. The van der Waals surface area contributed by atoms with Crippen LogP contribution in [0.3, 0.4) is 0 Å². The number of methoxy groups -OCH3 is 1. The topological polar surface area (TPSA) is 104 Å². The summed E-state index contributed by atoms with van der Waals surface area (Å²) in [7, 11) is 1.23. The lowest BCUT2D eigenvalue weighted by molar-refractivity contribution is -0.137. The molecule has 0 amide bonds. The van der Waals surface area contributed by atoms with E-state index in [2.05, 4.69) is 9.98 Å². The maximum absolute atomic E-state index is 12.8. The van der Waals surface area contributed by atoms with Gasteiger partial charge >= 0.3 is 6.18 Å². The summed E-state index contributed by atoms with van der Waals surface area (Å²) in [4.78, 5) is 20.0. The molecule has 142 valence electrons. The van der Waals surface area contributed by atoms with Gasteiger partial charge in [0.1, 0.15) is 5.75 Å². The Morgan fingerprint density at radius 3 is 2.48 bits per heavy atom. The van der Waals surface area contributed by atoms with Gasteiger partial charge in [-0.05, 0) is 37.3 Å². The molecule has 2 rings (SSSR count). The molecule has 0 aliphatic carbocycles. The third-order valence-corrected chi connectivity index (χ3v) is 3.65. The molecule has 4 N–H and O–H groups in total. The van der Waals surface area contributed by atoms with Crippen molar-refractivity contribution in [3.8, 4) is 5.75 Å². The minimum absolute atomic E-state index is 0.0301. The first-order valence-electron chi connectivity index (χ1n) is 7.66. The Bertz CT molecular complexity index is 907. The standard InChI is InChI=1S/C18H17F3N4O2/c1-10(25-17(23)16(26)11-4-3-7-24-9-11)15(22)13-6-5-12(18(19,20)21)8-14(13)27-2/h3-9H,22H2,1-2H3,(H2,23,25)/b15-10-. The lowest BCUT2D eigenvalue weighted by Gasteiger charge is -2.14. The van der Waals surface area contributed by atoms with Crippen LogP contribution in [0.4, 0.5) is 13.2 Å². The zero-order chi connectivity index (χ0) is 20.2. The molecule has 0 aliphatic heterocycles. The van der Waals surface area contributed by atoms with Gasteiger partial charge in [-0.3, -0.25) is 9.78 Å². The number of nitrogens with two attached hydrogens (primary N) is 2. The number of aliphatic imine (C=N–C) groups is 1. The molecule has 0 atom stereocenters. The van der Waals surface area contributed by atoms with E-state index in [1.807, 2.05) is 0 Å². The van der Waals surface area contributed by atoms with Crippen molar-refractivity contribution < 1.29 is 22.7 Å². The number of ether oxygens (including phenoxy) is 1. The van der Waals surface area contributed by atoms with Crippen molar-refractivity contribution in [2.45, 2.75) is 13.1 Å². The van der Waals surface area contributed by atoms with Gasteiger partial charge in [-0.1, -0.05) is 0 Å². The van der Waals surface area contributed by atoms with E-state index in [-0.39, 0.29) is 34.1 Å². The minimum Gasteiger partial charge on any atom is -0.496 e. The Morgan fingerprint density at radius 2 is 1.93 bits per heavy atom. The molecule has 6 nitrogen and oxygen atoms in total. The Kier molecular flexibility index (Phi) is 5.84. The SMILES string of the molecule is COc1cc(C(F)(F)F)ccc1/C(N)=C(\C)N=C(N)C(=O)c1cccnc1.